The summed E-state index contributed by atoms with van der Waals surface area (Å²) in [6.45, 7) is 2.44. The minimum absolute atomic E-state index is 0.137. The topological polar surface area (TPSA) is 64.6 Å². The lowest BCUT2D eigenvalue weighted by Gasteiger charge is -2.08. The van der Waals surface area contributed by atoms with Crippen LogP contribution in [0.25, 0.3) is 0 Å². The number of rotatable bonds is 8. The average Bonchev–Trinajstić information content (AvgIpc) is 2.61. The molecular formula is C19H21NO4. The molecule has 0 saturated heterocycles. The number of amides is 1. The number of carbonyl (C=O) groups excluding carboxylic acids is 2. The van der Waals surface area contributed by atoms with Gasteiger partial charge in [0.05, 0.1) is 13.2 Å². The highest BCUT2D eigenvalue weighted by Crippen LogP contribution is 2.13. The first-order valence-corrected chi connectivity index (χ1v) is 7.89. The first kappa shape index (κ1) is 17.5. The maximum atomic E-state index is 11.9. The van der Waals surface area contributed by atoms with Crippen molar-refractivity contribution in [2.24, 2.45) is 0 Å². The summed E-state index contributed by atoms with van der Waals surface area (Å²) in [6, 6.07) is 16.9. The summed E-state index contributed by atoms with van der Waals surface area (Å²) >= 11 is 0. The van der Waals surface area contributed by atoms with E-state index in [-0.39, 0.29) is 12.5 Å². The van der Waals surface area contributed by atoms with Crippen molar-refractivity contribution in [2.75, 3.05) is 19.8 Å². The van der Waals surface area contributed by atoms with Crippen molar-refractivity contribution >= 4 is 11.9 Å². The third-order valence-electron chi connectivity index (χ3n) is 3.32. The van der Waals surface area contributed by atoms with Gasteiger partial charge in [-0.2, -0.15) is 0 Å². The second kappa shape index (κ2) is 9.35. The molecule has 5 heteroatoms. The van der Waals surface area contributed by atoms with E-state index in [1.54, 1.807) is 31.2 Å². The number of hydrogen-bond acceptors (Lipinski definition) is 4. The molecule has 0 aliphatic carbocycles. The number of hydrogen-bond donors (Lipinski definition) is 1. The minimum Gasteiger partial charge on any atom is -0.493 e. The van der Waals surface area contributed by atoms with Gasteiger partial charge >= 0.3 is 5.97 Å². The molecule has 1 N–H and O–H groups in total. The first-order chi connectivity index (χ1) is 11.7. The van der Waals surface area contributed by atoms with Crippen molar-refractivity contribution in [2.45, 2.75) is 13.3 Å². The van der Waals surface area contributed by atoms with E-state index < -0.39 is 5.97 Å². The van der Waals surface area contributed by atoms with E-state index in [0.29, 0.717) is 24.5 Å². The van der Waals surface area contributed by atoms with E-state index in [0.717, 1.165) is 6.42 Å². The van der Waals surface area contributed by atoms with Gasteiger partial charge in [-0.3, -0.25) is 9.59 Å². The molecule has 126 valence electrons. The van der Waals surface area contributed by atoms with E-state index in [1.165, 1.54) is 5.56 Å². The minimum atomic E-state index is -0.452. The van der Waals surface area contributed by atoms with Crippen LogP contribution in [0.3, 0.4) is 0 Å². The number of carbonyl (C=O) groups is 2. The molecule has 0 aliphatic heterocycles. The van der Waals surface area contributed by atoms with E-state index >= 15 is 0 Å². The summed E-state index contributed by atoms with van der Waals surface area (Å²) < 4.78 is 10.4. The van der Waals surface area contributed by atoms with Gasteiger partial charge in [-0.25, -0.2) is 0 Å². The highest BCUT2D eigenvalue weighted by molar-refractivity contribution is 5.95. The van der Waals surface area contributed by atoms with Gasteiger partial charge in [-0.1, -0.05) is 30.3 Å². The molecule has 1 amide bonds. The quantitative estimate of drug-likeness (QED) is 0.757. The predicted octanol–water partition coefficient (Wildman–Crippen LogP) is 2.60. The van der Waals surface area contributed by atoms with Crippen molar-refractivity contribution in [1.82, 2.24) is 5.32 Å². The molecule has 2 aromatic carbocycles. The lowest BCUT2D eigenvalue weighted by Crippen LogP contribution is -2.30. The van der Waals surface area contributed by atoms with E-state index in [1.807, 2.05) is 18.2 Å². The number of ether oxygens (including phenoxy) is 2. The predicted molar refractivity (Wildman–Crippen MR) is 91.0 cm³/mol. The second-order valence-corrected chi connectivity index (χ2v) is 5.10. The van der Waals surface area contributed by atoms with Gasteiger partial charge in [0.25, 0.3) is 5.91 Å². The zero-order valence-electron chi connectivity index (χ0n) is 13.7. The molecule has 0 saturated carbocycles. The molecule has 2 aromatic rings. The Hall–Kier alpha value is -2.82. The lowest BCUT2D eigenvalue weighted by atomic mass is 10.2. The van der Waals surface area contributed by atoms with Crippen LogP contribution >= 0.6 is 0 Å². The Morgan fingerprint density at radius 1 is 1.00 bits per heavy atom. The summed E-state index contributed by atoms with van der Waals surface area (Å²) in [4.78, 5) is 23.1. The Kier molecular flexibility index (Phi) is 6.83. The molecule has 0 fully saturated rings. The third kappa shape index (κ3) is 5.76. The van der Waals surface area contributed by atoms with Gasteiger partial charge in [0.2, 0.25) is 0 Å². The molecule has 5 nitrogen and oxygen atoms in total. The molecule has 0 radical (unpaired) electrons. The Morgan fingerprint density at radius 2 is 1.71 bits per heavy atom. The molecule has 0 aromatic heterocycles. The summed E-state index contributed by atoms with van der Waals surface area (Å²) in [5, 5.41) is 2.51. The monoisotopic (exact) mass is 327 g/mol. The van der Waals surface area contributed by atoms with Crippen LogP contribution < -0.4 is 10.1 Å². The maximum Gasteiger partial charge on any atom is 0.325 e. The Bertz CT molecular complexity index is 653. The molecule has 0 aliphatic rings. The molecule has 0 bridgehead atoms. The summed E-state index contributed by atoms with van der Waals surface area (Å²) in [5.41, 5.74) is 1.68. The SMILES string of the molecule is CCOC(=O)CNC(=O)c1ccc(OCCc2ccccc2)cc1. The zero-order valence-corrected chi connectivity index (χ0v) is 13.7. The molecule has 0 atom stereocenters. The van der Waals surface area contributed by atoms with Crippen LogP contribution in [0.5, 0.6) is 5.75 Å². The molecule has 0 heterocycles. The summed E-state index contributed by atoms with van der Waals surface area (Å²) in [5.74, 6) is -0.0709. The maximum absolute atomic E-state index is 11.9. The Morgan fingerprint density at radius 3 is 2.38 bits per heavy atom. The van der Waals surface area contributed by atoms with E-state index in [4.69, 9.17) is 9.47 Å². The number of nitrogens with one attached hydrogen (secondary N) is 1. The average molecular weight is 327 g/mol. The van der Waals surface area contributed by atoms with Crippen molar-refractivity contribution < 1.29 is 19.1 Å². The van der Waals surface area contributed by atoms with Crippen LogP contribution in [0.2, 0.25) is 0 Å². The van der Waals surface area contributed by atoms with Crippen molar-refractivity contribution in [3.8, 4) is 5.75 Å². The highest BCUT2D eigenvalue weighted by Gasteiger charge is 2.08. The van der Waals surface area contributed by atoms with Gasteiger partial charge in [0.1, 0.15) is 12.3 Å². The van der Waals surface area contributed by atoms with Crippen LogP contribution in [0.4, 0.5) is 0 Å². The standard InChI is InChI=1S/C19H21NO4/c1-2-23-18(21)14-20-19(22)16-8-10-17(11-9-16)24-13-12-15-6-4-3-5-7-15/h3-11H,2,12-14H2,1H3,(H,20,22). The molecule has 24 heavy (non-hydrogen) atoms. The zero-order chi connectivity index (χ0) is 17.2. The van der Waals surface area contributed by atoms with Gasteiger partial charge in [0.15, 0.2) is 0 Å². The van der Waals surface area contributed by atoms with Crippen molar-refractivity contribution in [3.05, 3.63) is 65.7 Å². The van der Waals surface area contributed by atoms with Crippen LogP contribution in [-0.4, -0.2) is 31.6 Å². The van der Waals surface area contributed by atoms with Crippen LogP contribution in [0, 0.1) is 0 Å². The van der Waals surface area contributed by atoms with Crippen LogP contribution in [-0.2, 0) is 16.0 Å². The number of esters is 1. The van der Waals surface area contributed by atoms with Crippen LogP contribution in [0.1, 0.15) is 22.8 Å². The fourth-order valence-corrected chi connectivity index (χ4v) is 2.10. The molecule has 2 rings (SSSR count). The van der Waals surface area contributed by atoms with Gasteiger partial charge in [-0.15, -0.1) is 0 Å². The van der Waals surface area contributed by atoms with Gasteiger partial charge < -0.3 is 14.8 Å². The summed E-state index contributed by atoms with van der Waals surface area (Å²) in [6.07, 6.45) is 0.822. The van der Waals surface area contributed by atoms with E-state index in [2.05, 4.69) is 17.4 Å². The normalized spacial score (nSPS) is 10.0. The second-order valence-electron chi connectivity index (χ2n) is 5.10. The Balaban J connectivity index is 1.77. The third-order valence-corrected chi connectivity index (χ3v) is 3.32. The smallest absolute Gasteiger partial charge is 0.325 e. The fourth-order valence-electron chi connectivity index (χ4n) is 2.10. The van der Waals surface area contributed by atoms with Gasteiger partial charge in [-0.05, 0) is 36.8 Å². The Labute approximate surface area is 141 Å². The molecular weight excluding hydrogens is 306 g/mol. The molecule has 0 unspecified atom stereocenters. The molecule has 0 spiro atoms. The first-order valence-electron chi connectivity index (χ1n) is 7.89. The number of benzene rings is 2. The summed E-state index contributed by atoms with van der Waals surface area (Å²) in [7, 11) is 0. The van der Waals surface area contributed by atoms with Crippen LogP contribution in [0.15, 0.2) is 54.6 Å². The largest absolute Gasteiger partial charge is 0.493 e. The van der Waals surface area contributed by atoms with Gasteiger partial charge in [0, 0.05) is 12.0 Å². The fraction of sp³-hybridized carbons (Fsp3) is 0.263. The van der Waals surface area contributed by atoms with Crippen molar-refractivity contribution in [1.29, 1.82) is 0 Å². The van der Waals surface area contributed by atoms with E-state index in [9.17, 15) is 9.59 Å². The lowest BCUT2D eigenvalue weighted by molar-refractivity contribution is -0.141. The van der Waals surface area contributed by atoms with Crippen molar-refractivity contribution in [3.63, 3.8) is 0 Å². The highest BCUT2D eigenvalue weighted by atomic mass is 16.5.